The summed E-state index contributed by atoms with van der Waals surface area (Å²) in [5.74, 6) is -0.611. The minimum Gasteiger partial charge on any atom is -0.271 e. The average Bonchev–Trinajstić information content (AvgIpc) is 2.78. The fourth-order valence-electron chi connectivity index (χ4n) is 2.76. The van der Waals surface area contributed by atoms with Gasteiger partial charge in [0.1, 0.15) is 6.54 Å². The van der Waals surface area contributed by atoms with Crippen molar-refractivity contribution in [1.29, 1.82) is 0 Å². The number of hydrogen-bond acceptors (Lipinski definition) is 4. The number of anilines is 1. The summed E-state index contributed by atoms with van der Waals surface area (Å²) in [4.78, 5) is 12.7. The number of carbonyl (C=O) groups excluding carboxylic acids is 1. The normalized spacial score (nSPS) is 11.8. The minimum absolute atomic E-state index is 0.0393. The van der Waals surface area contributed by atoms with E-state index in [2.05, 4.69) is 33.1 Å². The SMILES string of the molecule is C/C(=N\NC(=O)CN(c1ccc(Cl)c(Cl)c1)S(=O)(=O)c1ccccc1)c1cccc(I)c1. The summed E-state index contributed by atoms with van der Waals surface area (Å²) >= 11 is 14.3. The van der Waals surface area contributed by atoms with Gasteiger partial charge in [0.15, 0.2) is 0 Å². The van der Waals surface area contributed by atoms with Gasteiger partial charge >= 0.3 is 0 Å². The van der Waals surface area contributed by atoms with Crippen LogP contribution in [0, 0.1) is 3.57 Å². The Morgan fingerprint density at radius 3 is 2.38 bits per heavy atom. The van der Waals surface area contributed by atoms with Crippen molar-refractivity contribution in [1.82, 2.24) is 5.43 Å². The summed E-state index contributed by atoms with van der Waals surface area (Å²) in [7, 11) is -4.05. The lowest BCUT2D eigenvalue weighted by Gasteiger charge is -2.24. The zero-order valence-corrected chi connectivity index (χ0v) is 21.3. The van der Waals surface area contributed by atoms with Crippen molar-refractivity contribution in [3.05, 3.63) is 92.0 Å². The second kappa shape index (κ2) is 10.7. The number of carbonyl (C=O) groups is 1. The average molecular weight is 602 g/mol. The second-order valence-corrected chi connectivity index (χ2v) is 10.6. The monoisotopic (exact) mass is 601 g/mol. The maximum atomic E-state index is 13.3. The summed E-state index contributed by atoms with van der Waals surface area (Å²) in [5.41, 5.74) is 4.07. The summed E-state index contributed by atoms with van der Waals surface area (Å²) < 4.78 is 28.6. The highest BCUT2D eigenvalue weighted by Crippen LogP contribution is 2.30. The van der Waals surface area contributed by atoms with Crippen molar-refractivity contribution in [2.75, 3.05) is 10.8 Å². The van der Waals surface area contributed by atoms with Crippen LogP contribution in [0.25, 0.3) is 0 Å². The van der Waals surface area contributed by atoms with Gasteiger partial charge in [0.2, 0.25) is 0 Å². The Labute approximate surface area is 210 Å². The van der Waals surface area contributed by atoms with Crippen molar-refractivity contribution in [3.63, 3.8) is 0 Å². The van der Waals surface area contributed by atoms with Crippen LogP contribution in [0.3, 0.4) is 0 Å². The zero-order valence-electron chi connectivity index (χ0n) is 16.8. The molecule has 0 atom stereocenters. The molecule has 3 rings (SSSR count). The number of hydrazone groups is 1. The van der Waals surface area contributed by atoms with E-state index in [0.717, 1.165) is 13.4 Å². The Kier molecular flexibility index (Phi) is 8.16. The molecule has 1 amide bonds. The van der Waals surface area contributed by atoms with E-state index < -0.39 is 22.5 Å². The molecule has 1 N–H and O–H groups in total. The molecule has 3 aromatic carbocycles. The van der Waals surface area contributed by atoms with Gasteiger partial charge in [-0.2, -0.15) is 5.10 Å². The molecule has 0 bridgehead atoms. The molecule has 0 aliphatic carbocycles. The van der Waals surface area contributed by atoms with Crippen molar-refractivity contribution in [2.45, 2.75) is 11.8 Å². The molecule has 0 aromatic heterocycles. The number of hydrogen-bond donors (Lipinski definition) is 1. The molecular weight excluding hydrogens is 584 g/mol. The highest BCUT2D eigenvalue weighted by molar-refractivity contribution is 14.1. The van der Waals surface area contributed by atoms with E-state index in [1.807, 2.05) is 24.3 Å². The molecule has 0 unspecified atom stereocenters. The van der Waals surface area contributed by atoms with Crippen molar-refractivity contribution in [2.24, 2.45) is 5.10 Å². The first-order valence-corrected chi connectivity index (χ1v) is 12.6. The summed E-state index contributed by atoms with van der Waals surface area (Å²) in [6.07, 6.45) is 0. The van der Waals surface area contributed by atoms with Crippen LogP contribution in [-0.4, -0.2) is 26.6 Å². The van der Waals surface area contributed by atoms with Crippen molar-refractivity contribution >= 4 is 73.1 Å². The van der Waals surface area contributed by atoms with Crippen molar-refractivity contribution in [3.8, 4) is 0 Å². The predicted octanol–water partition coefficient (Wildman–Crippen LogP) is 5.33. The lowest BCUT2D eigenvalue weighted by atomic mass is 10.1. The lowest BCUT2D eigenvalue weighted by Crippen LogP contribution is -2.39. The van der Waals surface area contributed by atoms with Crippen LogP contribution in [0.5, 0.6) is 0 Å². The van der Waals surface area contributed by atoms with E-state index in [-0.39, 0.29) is 20.6 Å². The Morgan fingerprint density at radius 1 is 1.00 bits per heavy atom. The molecule has 32 heavy (non-hydrogen) atoms. The maximum absolute atomic E-state index is 13.3. The van der Waals surface area contributed by atoms with Gasteiger partial charge in [0.25, 0.3) is 15.9 Å². The fraction of sp³-hybridized carbons (Fsp3) is 0.0909. The topological polar surface area (TPSA) is 78.8 Å². The first-order chi connectivity index (χ1) is 15.2. The van der Waals surface area contributed by atoms with Crippen LogP contribution >= 0.6 is 45.8 Å². The molecule has 0 saturated carbocycles. The first kappa shape index (κ1) is 24.5. The van der Waals surface area contributed by atoms with Gasteiger partial charge < -0.3 is 0 Å². The van der Waals surface area contributed by atoms with Crippen LogP contribution in [0.15, 0.2) is 82.8 Å². The molecule has 0 aliphatic rings. The number of nitrogens with zero attached hydrogens (tertiary/aromatic N) is 2. The zero-order chi connectivity index (χ0) is 23.3. The standard InChI is InChI=1S/C22H18Cl2IN3O3S/c1-15(16-6-5-7-17(25)12-16)26-27-22(29)14-28(18-10-11-20(23)21(24)13-18)32(30,31)19-8-3-2-4-9-19/h2-13H,14H2,1H3,(H,27,29)/b26-15+. The number of halogens is 3. The number of rotatable bonds is 7. The third-order valence-corrected chi connectivity index (χ3v) is 7.60. The van der Waals surface area contributed by atoms with E-state index in [4.69, 9.17) is 23.2 Å². The Morgan fingerprint density at radius 2 is 1.72 bits per heavy atom. The highest BCUT2D eigenvalue weighted by Gasteiger charge is 2.27. The van der Waals surface area contributed by atoms with Gasteiger partial charge in [-0.15, -0.1) is 0 Å². The molecule has 0 saturated heterocycles. The van der Waals surface area contributed by atoms with Gasteiger partial charge in [-0.3, -0.25) is 9.10 Å². The molecule has 0 heterocycles. The van der Waals surface area contributed by atoms with Gasteiger partial charge in [-0.1, -0.05) is 53.5 Å². The number of nitrogens with one attached hydrogen (secondary N) is 1. The van der Waals surface area contributed by atoms with Crippen LogP contribution < -0.4 is 9.73 Å². The van der Waals surface area contributed by atoms with Gasteiger partial charge in [0, 0.05) is 3.57 Å². The minimum atomic E-state index is -4.05. The molecular formula is C22H18Cl2IN3O3S. The summed E-state index contributed by atoms with van der Waals surface area (Å²) in [6.45, 7) is 1.25. The Balaban J connectivity index is 1.89. The third kappa shape index (κ3) is 6.00. The fourth-order valence-corrected chi connectivity index (χ4v) is 5.03. The Hall–Kier alpha value is -2.14. The van der Waals surface area contributed by atoms with Crippen LogP contribution in [0.2, 0.25) is 10.0 Å². The van der Waals surface area contributed by atoms with Gasteiger partial charge in [-0.05, 0) is 77.5 Å². The first-order valence-electron chi connectivity index (χ1n) is 9.30. The smallest absolute Gasteiger partial charge is 0.264 e. The number of sulfonamides is 1. The highest BCUT2D eigenvalue weighted by atomic mass is 127. The molecule has 166 valence electrons. The second-order valence-electron chi connectivity index (χ2n) is 6.67. The predicted molar refractivity (Wildman–Crippen MR) is 137 cm³/mol. The number of benzene rings is 3. The third-order valence-electron chi connectivity index (χ3n) is 4.40. The van der Waals surface area contributed by atoms with Gasteiger partial charge in [-0.25, -0.2) is 13.8 Å². The molecule has 0 spiro atoms. The maximum Gasteiger partial charge on any atom is 0.264 e. The van der Waals surface area contributed by atoms with E-state index >= 15 is 0 Å². The van der Waals surface area contributed by atoms with Crippen molar-refractivity contribution < 1.29 is 13.2 Å². The molecule has 3 aromatic rings. The summed E-state index contributed by atoms with van der Waals surface area (Å²) in [5, 5.41) is 4.56. The largest absolute Gasteiger partial charge is 0.271 e. The summed E-state index contributed by atoms with van der Waals surface area (Å²) in [6, 6.07) is 19.8. The molecule has 6 nitrogen and oxygen atoms in total. The lowest BCUT2D eigenvalue weighted by molar-refractivity contribution is -0.119. The van der Waals surface area contributed by atoms with Gasteiger partial charge in [0.05, 0.1) is 26.3 Å². The quantitative estimate of drug-likeness (QED) is 0.226. The molecule has 0 aliphatic heterocycles. The molecule has 0 fully saturated rings. The molecule has 10 heteroatoms. The van der Waals surface area contributed by atoms with E-state index in [1.165, 1.54) is 30.3 Å². The van der Waals surface area contributed by atoms with E-state index in [1.54, 1.807) is 25.1 Å². The van der Waals surface area contributed by atoms with Crippen LogP contribution in [-0.2, 0) is 14.8 Å². The van der Waals surface area contributed by atoms with E-state index in [0.29, 0.717) is 5.71 Å². The Bertz CT molecular complexity index is 1270. The van der Waals surface area contributed by atoms with E-state index in [9.17, 15) is 13.2 Å². The van der Waals surface area contributed by atoms with Crippen LogP contribution in [0.4, 0.5) is 5.69 Å². The van der Waals surface area contributed by atoms with Crippen LogP contribution in [0.1, 0.15) is 12.5 Å². The number of amides is 1. The molecule has 0 radical (unpaired) electrons.